The summed E-state index contributed by atoms with van der Waals surface area (Å²) in [6.45, 7) is 8.40. The molecule has 2 heterocycles. The van der Waals surface area contributed by atoms with Crippen LogP contribution in [0.5, 0.6) is 0 Å². The number of H-pyrrole nitrogens is 1. The van der Waals surface area contributed by atoms with Crippen molar-refractivity contribution in [2.75, 3.05) is 20.2 Å². The molecule has 0 aromatic carbocycles. The van der Waals surface area contributed by atoms with Crippen LogP contribution < -0.4 is 11.2 Å². The summed E-state index contributed by atoms with van der Waals surface area (Å²) in [6, 6.07) is 1.02. The number of phosphoric ester groups is 1. The Labute approximate surface area is 218 Å². The van der Waals surface area contributed by atoms with Gasteiger partial charge in [0.2, 0.25) is 13.6 Å². The number of aromatic amines is 1. The predicted molar refractivity (Wildman–Crippen MR) is 128 cm³/mol. The Kier molecular flexibility index (Phi) is 9.87. The molecule has 4 atom stereocenters. The number of carbonyl (C=O) groups excluding carboxylic acids is 2. The molecule has 2 rings (SSSR count). The van der Waals surface area contributed by atoms with Gasteiger partial charge < -0.3 is 24.4 Å². The Hall–Kier alpha value is -2.39. The minimum absolute atomic E-state index is 0.678. The lowest BCUT2D eigenvalue weighted by atomic mass is 9.98. The molecule has 16 heteroatoms. The van der Waals surface area contributed by atoms with Crippen LogP contribution in [-0.2, 0) is 47.7 Å². The summed E-state index contributed by atoms with van der Waals surface area (Å²) in [7, 11) is -4.61. The molecule has 0 amide bonds. The van der Waals surface area contributed by atoms with Gasteiger partial charge in [-0.05, 0) is 48.5 Å². The van der Waals surface area contributed by atoms with Gasteiger partial charge in [-0.1, -0.05) is 0 Å². The average Bonchev–Trinajstić information content (AvgIpc) is 3.00. The number of rotatable bonds is 10. The highest BCUT2D eigenvalue weighted by Crippen LogP contribution is 2.50. The third kappa shape index (κ3) is 7.82. The molecule has 3 N–H and O–H groups in total. The maximum absolute atomic E-state index is 13.2. The lowest BCUT2D eigenvalue weighted by Crippen LogP contribution is -2.49. The number of nitrogens with one attached hydrogen (secondary N) is 1. The predicted octanol–water partition coefficient (Wildman–Crippen LogP) is 0.581. The van der Waals surface area contributed by atoms with E-state index in [1.165, 1.54) is 6.92 Å². The third-order valence-corrected chi connectivity index (χ3v) is 6.68. The van der Waals surface area contributed by atoms with Gasteiger partial charge in [-0.3, -0.25) is 28.5 Å². The Balaban J connectivity index is 2.15. The number of esters is 2. The monoisotopic (exact) mass is 566 g/mol. The van der Waals surface area contributed by atoms with Gasteiger partial charge in [-0.2, -0.15) is 0 Å². The van der Waals surface area contributed by atoms with Crippen LogP contribution in [0.4, 0.5) is 0 Å². The van der Waals surface area contributed by atoms with E-state index in [1.54, 1.807) is 41.5 Å². The van der Waals surface area contributed by atoms with Gasteiger partial charge in [-0.25, -0.2) is 18.4 Å². The van der Waals surface area contributed by atoms with Crippen molar-refractivity contribution in [1.82, 2.24) is 9.55 Å². The summed E-state index contributed by atoms with van der Waals surface area (Å²) >= 11 is 0. The van der Waals surface area contributed by atoms with Crippen LogP contribution in [0.15, 0.2) is 21.9 Å². The van der Waals surface area contributed by atoms with E-state index >= 15 is 0 Å². The summed E-state index contributed by atoms with van der Waals surface area (Å²) in [5.74, 6) is -1.36. The lowest BCUT2D eigenvalue weighted by molar-refractivity contribution is -0.164. The summed E-state index contributed by atoms with van der Waals surface area (Å²) in [5.41, 5.74) is -5.21. The summed E-state index contributed by atoms with van der Waals surface area (Å²) in [4.78, 5) is 49.6. The Morgan fingerprint density at radius 1 is 1.03 bits per heavy atom. The van der Waals surface area contributed by atoms with E-state index in [-0.39, 0.29) is 0 Å². The largest absolute Gasteiger partial charge is 0.480 e. The quantitative estimate of drug-likeness (QED) is 0.202. The van der Waals surface area contributed by atoms with Gasteiger partial charge in [0.1, 0.15) is 18.3 Å². The summed E-state index contributed by atoms with van der Waals surface area (Å²) < 4.78 is 44.9. The van der Waals surface area contributed by atoms with Crippen molar-refractivity contribution in [2.24, 2.45) is 10.8 Å². The zero-order valence-corrected chi connectivity index (χ0v) is 23.2. The molecule has 15 nitrogen and oxygen atoms in total. The maximum atomic E-state index is 13.2. The summed E-state index contributed by atoms with van der Waals surface area (Å²) in [5, 5.41) is 21.1. The molecule has 1 aliphatic heterocycles. The number of aliphatic hydroxyl groups excluding tert-OH is 2. The van der Waals surface area contributed by atoms with Crippen molar-refractivity contribution in [3.8, 4) is 0 Å². The second-order valence-corrected chi connectivity index (χ2v) is 12.4. The highest BCUT2D eigenvalue weighted by molar-refractivity contribution is 7.48. The van der Waals surface area contributed by atoms with E-state index in [2.05, 4.69) is 0 Å². The molecule has 1 fully saturated rings. The Bertz CT molecular complexity index is 1130. The van der Waals surface area contributed by atoms with E-state index in [0.717, 1.165) is 16.8 Å². The van der Waals surface area contributed by atoms with E-state index in [4.69, 9.17) is 27.8 Å². The minimum atomic E-state index is -4.61. The van der Waals surface area contributed by atoms with Crippen LogP contribution in [0.2, 0.25) is 0 Å². The minimum Gasteiger partial charge on any atom is -0.437 e. The third-order valence-electron chi connectivity index (χ3n) is 5.37. The Morgan fingerprint density at radius 3 is 1.97 bits per heavy atom. The van der Waals surface area contributed by atoms with Gasteiger partial charge in [0.05, 0.1) is 17.4 Å². The summed E-state index contributed by atoms with van der Waals surface area (Å²) in [6.07, 6.45) is -3.63. The van der Waals surface area contributed by atoms with E-state index in [9.17, 15) is 34.0 Å². The molecule has 0 bridgehead atoms. The molecule has 1 aromatic rings. The van der Waals surface area contributed by atoms with Gasteiger partial charge in [0, 0.05) is 12.3 Å². The normalized spacial score (nSPS) is 24.3. The SMILES string of the molecule is CC(C)(C)C(=O)OCOP(=O)(OCOC(=O)C(C)(C)C)OC[C@H]1O[C@@](C)(n2ccc(=O)[nH]c2=O)C(O)C1O. The van der Waals surface area contributed by atoms with Crippen LogP contribution in [0.25, 0.3) is 0 Å². The van der Waals surface area contributed by atoms with Crippen LogP contribution in [0, 0.1) is 10.8 Å². The molecule has 0 spiro atoms. The molecule has 1 saturated heterocycles. The average molecular weight is 566 g/mol. The van der Waals surface area contributed by atoms with Crippen molar-refractivity contribution in [3.63, 3.8) is 0 Å². The topological polar surface area (TPSA) is 202 Å². The molecule has 1 aromatic heterocycles. The number of hydrogen-bond acceptors (Lipinski definition) is 13. The van der Waals surface area contributed by atoms with Crippen LogP contribution in [0.3, 0.4) is 0 Å². The fourth-order valence-corrected chi connectivity index (χ4v) is 3.98. The highest BCUT2D eigenvalue weighted by atomic mass is 31.2. The fourth-order valence-electron chi connectivity index (χ4n) is 3.06. The smallest absolute Gasteiger partial charge is 0.437 e. The number of aliphatic hydroxyl groups is 2. The standard InChI is InChI=1S/C22H35N2O13P/c1-20(2,3)17(28)32-11-35-38(31,36-12-33-18(29)21(4,5)6)34-10-13-15(26)16(27)22(7,37-13)24-9-8-14(25)23-19(24)30/h8-9,13,15-16,26-27H,10-12H2,1-7H3,(H,23,25,30)/t13-,15?,16?,22-/m1/s1. The van der Waals surface area contributed by atoms with Crippen molar-refractivity contribution in [2.45, 2.75) is 72.5 Å². The second-order valence-electron chi connectivity index (χ2n) is 10.7. The number of ether oxygens (including phenoxy) is 3. The van der Waals surface area contributed by atoms with Gasteiger partial charge in [0.25, 0.3) is 5.56 Å². The first-order chi connectivity index (χ1) is 17.3. The number of carbonyl (C=O) groups is 2. The van der Waals surface area contributed by atoms with Gasteiger partial charge in [0.15, 0.2) is 5.72 Å². The number of aromatic nitrogens is 2. The molecule has 38 heavy (non-hydrogen) atoms. The maximum Gasteiger partial charge on any atom is 0.480 e. The van der Waals surface area contributed by atoms with E-state index < -0.39 is 86.1 Å². The zero-order chi connectivity index (χ0) is 29.1. The molecular formula is C22H35N2O13P. The van der Waals surface area contributed by atoms with Crippen molar-refractivity contribution >= 4 is 19.8 Å². The second kappa shape index (κ2) is 11.8. The number of phosphoric acid groups is 1. The molecule has 0 radical (unpaired) electrons. The first kappa shape index (κ1) is 31.8. The van der Waals surface area contributed by atoms with Gasteiger partial charge in [-0.15, -0.1) is 0 Å². The van der Waals surface area contributed by atoms with Gasteiger partial charge >= 0.3 is 25.5 Å². The zero-order valence-electron chi connectivity index (χ0n) is 22.3. The molecule has 216 valence electrons. The number of nitrogens with zero attached hydrogens (tertiary/aromatic N) is 1. The molecule has 1 aliphatic rings. The van der Waals surface area contributed by atoms with E-state index in [0.29, 0.717) is 0 Å². The first-order valence-electron chi connectivity index (χ1n) is 11.5. The molecule has 0 aliphatic carbocycles. The Morgan fingerprint density at radius 2 is 1.53 bits per heavy atom. The fraction of sp³-hybridized carbons (Fsp3) is 0.727. The van der Waals surface area contributed by atoms with Crippen LogP contribution >= 0.6 is 7.82 Å². The molecular weight excluding hydrogens is 531 g/mol. The highest BCUT2D eigenvalue weighted by Gasteiger charge is 2.53. The number of hydrogen-bond donors (Lipinski definition) is 3. The van der Waals surface area contributed by atoms with E-state index in [1.807, 2.05) is 4.98 Å². The molecule has 2 unspecified atom stereocenters. The van der Waals surface area contributed by atoms with Crippen LogP contribution in [-0.4, -0.2) is 70.2 Å². The van der Waals surface area contributed by atoms with Crippen LogP contribution in [0.1, 0.15) is 48.5 Å². The lowest BCUT2D eigenvalue weighted by Gasteiger charge is -2.29. The van der Waals surface area contributed by atoms with Crippen molar-refractivity contribution < 1.29 is 52.1 Å². The van der Waals surface area contributed by atoms with Crippen molar-refractivity contribution in [1.29, 1.82) is 0 Å². The van der Waals surface area contributed by atoms with Crippen molar-refractivity contribution in [3.05, 3.63) is 33.1 Å². The first-order valence-corrected chi connectivity index (χ1v) is 13.0. The molecule has 0 saturated carbocycles.